The minimum atomic E-state index is -5.42. The molecule has 0 aliphatic carbocycles. The van der Waals surface area contributed by atoms with Gasteiger partial charge in [-0.15, -0.1) is 0 Å². The lowest BCUT2D eigenvalue weighted by Crippen LogP contribution is -2.43. The molecule has 3 aromatic rings. The predicted octanol–water partition coefficient (Wildman–Crippen LogP) is 7.97. The van der Waals surface area contributed by atoms with E-state index in [4.69, 9.17) is 4.84 Å². The number of hydrogen-bond acceptors (Lipinski definition) is 2. The summed E-state index contributed by atoms with van der Waals surface area (Å²) in [6.07, 6.45) is -15.6. The van der Waals surface area contributed by atoms with E-state index in [1.807, 2.05) is 0 Å². The number of nitrogens with one attached hydrogen (secondary N) is 1. The lowest BCUT2D eigenvalue weighted by Gasteiger charge is -2.29. The lowest BCUT2D eigenvalue weighted by molar-refractivity contribution is -0.269. The zero-order chi connectivity index (χ0) is 25.1. The van der Waals surface area contributed by atoms with Crippen molar-refractivity contribution < 1.29 is 44.4 Å². The minimum Gasteiger partial charge on any atom is -0.265 e. The molecule has 1 atom stereocenters. The third-order valence-corrected chi connectivity index (χ3v) is 5.96. The molecule has 0 saturated carbocycles. The standard InChI is InChI=1S/C22H11BrF9NO/c23-17-6-5-16(14-3-1-2-4-15(14)17)18-10-19(34-33-18,22(30,31)32)11-7-12(20(24,25)26)9-13(8-11)21(27,28)29/h1-10,33H. The number of fused-ring (bicyclic) bond motifs is 1. The Balaban J connectivity index is 1.97. The van der Waals surface area contributed by atoms with Crippen LogP contribution in [0.15, 0.2) is 65.1 Å². The molecule has 3 aromatic carbocycles. The summed E-state index contributed by atoms with van der Waals surface area (Å²) in [6, 6.07) is 9.32. The second-order valence-electron chi connectivity index (χ2n) is 7.43. The van der Waals surface area contributed by atoms with Crippen LogP contribution in [-0.4, -0.2) is 6.18 Å². The van der Waals surface area contributed by atoms with Crippen LogP contribution in [0.25, 0.3) is 16.5 Å². The van der Waals surface area contributed by atoms with Gasteiger partial charge in [0, 0.05) is 15.6 Å². The zero-order valence-electron chi connectivity index (χ0n) is 16.5. The maximum atomic E-state index is 14.2. The summed E-state index contributed by atoms with van der Waals surface area (Å²) in [4.78, 5) is 4.76. The first-order chi connectivity index (χ1) is 15.6. The Morgan fingerprint density at radius 3 is 1.82 bits per heavy atom. The summed E-state index contributed by atoms with van der Waals surface area (Å²) in [7, 11) is 0. The van der Waals surface area contributed by atoms with Gasteiger partial charge in [-0.1, -0.05) is 46.3 Å². The van der Waals surface area contributed by atoms with Crippen molar-refractivity contribution in [2.24, 2.45) is 0 Å². The summed E-state index contributed by atoms with van der Waals surface area (Å²) in [5.41, 5.74) is -6.77. The number of rotatable bonds is 2. The summed E-state index contributed by atoms with van der Waals surface area (Å²) >= 11 is 3.32. The predicted molar refractivity (Wildman–Crippen MR) is 108 cm³/mol. The molecular weight excluding hydrogens is 545 g/mol. The molecule has 0 aromatic heterocycles. The normalized spacial score (nSPS) is 19.3. The van der Waals surface area contributed by atoms with Gasteiger partial charge in [0.05, 0.1) is 16.8 Å². The number of hydroxylamine groups is 1. The van der Waals surface area contributed by atoms with Crippen molar-refractivity contribution in [3.63, 3.8) is 0 Å². The molecule has 1 unspecified atom stereocenters. The fraction of sp³-hybridized carbons (Fsp3) is 0.182. The van der Waals surface area contributed by atoms with Crippen molar-refractivity contribution in [2.75, 3.05) is 0 Å². The van der Waals surface area contributed by atoms with Crippen LogP contribution in [0.4, 0.5) is 39.5 Å². The van der Waals surface area contributed by atoms with E-state index < -0.39 is 40.8 Å². The lowest BCUT2D eigenvalue weighted by atomic mass is 9.88. The van der Waals surface area contributed by atoms with Gasteiger partial charge in [-0.25, -0.2) is 0 Å². The molecule has 12 heteroatoms. The second-order valence-corrected chi connectivity index (χ2v) is 8.28. The van der Waals surface area contributed by atoms with Crippen LogP contribution in [0, 0.1) is 0 Å². The second kappa shape index (κ2) is 7.91. The molecule has 0 bridgehead atoms. The topological polar surface area (TPSA) is 21.3 Å². The summed E-state index contributed by atoms with van der Waals surface area (Å²) in [6.45, 7) is 0. The molecular formula is C22H11BrF9NO. The maximum absolute atomic E-state index is 14.2. The van der Waals surface area contributed by atoms with Crippen molar-refractivity contribution in [1.82, 2.24) is 5.48 Å². The van der Waals surface area contributed by atoms with E-state index >= 15 is 0 Å². The van der Waals surface area contributed by atoms with Crippen LogP contribution in [-0.2, 0) is 22.8 Å². The zero-order valence-corrected chi connectivity index (χ0v) is 18.0. The van der Waals surface area contributed by atoms with Gasteiger partial charge in [0.25, 0.3) is 0 Å². The van der Waals surface area contributed by atoms with Gasteiger partial charge in [-0.05, 0) is 41.1 Å². The van der Waals surface area contributed by atoms with Gasteiger partial charge in [0.2, 0.25) is 5.60 Å². The van der Waals surface area contributed by atoms with Gasteiger partial charge < -0.3 is 0 Å². The number of alkyl halides is 9. The first kappa shape index (κ1) is 24.4. The van der Waals surface area contributed by atoms with E-state index in [0.717, 1.165) is 0 Å². The first-order valence-corrected chi connectivity index (χ1v) is 10.1. The van der Waals surface area contributed by atoms with Crippen molar-refractivity contribution >= 4 is 32.4 Å². The Morgan fingerprint density at radius 2 is 1.29 bits per heavy atom. The number of halogens is 10. The van der Waals surface area contributed by atoms with E-state index in [1.54, 1.807) is 30.3 Å². The molecule has 1 aliphatic rings. The molecule has 0 radical (unpaired) electrons. The summed E-state index contributed by atoms with van der Waals surface area (Å²) in [5, 5.41) is 1.09. The fourth-order valence-corrected chi connectivity index (χ4v) is 4.12. The number of benzene rings is 3. The Morgan fingerprint density at radius 1 is 0.735 bits per heavy atom. The third-order valence-electron chi connectivity index (χ3n) is 5.27. The van der Waals surface area contributed by atoms with Gasteiger partial charge in [0.15, 0.2) is 0 Å². The Kier molecular flexibility index (Phi) is 5.67. The van der Waals surface area contributed by atoms with Crippen LogP contribution in [0.5, 0.6) is 0 Å². The van der Waals surface area contributed by atoms with E-state index in [2.05, 4.69) is 21.4 Å². The summed E-state index contributed by atoms with van der Waals surface area (Å²) in [5.74, 6) is 0. The Bertz CT molecular complexity index is 1260. The largest absolute Gasteiger partial charge is 0.428 e. The molecule has 0 fully saturated rings. The van der Waals surface area contributed by atoms with Crippen molar-refractivity contribution in [2.45, 2.75) is 24.1 Å². The molecule has 1 aliphatic heterocycles. The minimum absolute atomic E-state index is 0.00351. The average molecular weight is 556 g/mol. The van der Waals surface area contributed by atoms with Crippen molar-refractivity contribution in [3.05, 3.63) is 87.4 Å². The van der Waals surface area contributed by atoms with Crippen LogP contribution in [0.3, 0.4) is 0 Å². The highest BCUT2D eigenvalue weighted by molar-refractivity contribution is 9.10. The van der Waals surface area contributed by atoms with E-state index in [0.29, 0.717) is 21.3 Å². The van der Waals surface area contributed by atoms with Crippen molar-refractivity contribution in [1.29, 1.82) is 0 Å². The van der Waals surface area contributed by atoms with Crippen LogP contribution >= 0.6 is 15.9 Å². The molecule has 1 heterocycles. The van der Waals surface area contributed by atoms with Crippen LogP contribution in [0.2, 0.25) is 0 Å². The SMILES string of the molecule is FC(F)(F)c1cc(C(F)(F)F)cc(C2(C(F)(F)F)C=C(c3ccc(Br)c4ccccc34)NO2)c1. The highest BCUT2D eigenvalue weighted by Gasteiger charge is 2.60. The van der Waals surface area contributed by atoms with E-state index in [1.165, 1.54) is 6.07 Å². The monoisotopic (exact) mass is 555 g/mol. The number of hydrogen-bond donors (Lipinski definition) is 1. The molecule has 2 nitrogen and oxygen atoms in total. The quantitative estimate of drug-likeness (QED) is 0.324. The summed E-state index contributed by atoms with van der Waals surface area (Å²) < 4.78 is 123. The molecule has 0 spiro atoms. The highest BCUT2D eigenvalue weighted by atomic mass is 79.9. The average Bonchev–Trinajstić information content (AvgIpc) is 3.19. The Hall–Kier alpha value is -2.73. The Labute approximate surface area is 194 Å². The van der Waals surface area contributed by atoms with Crippen molar-refractivity contribution in [3.8, 4) is 0 Å². The molecule has 4 rings (SSSR count). The molecule has 180 valence electrons. The highest BCUT2D eigenvalue weighted by Crippen LogP contribution is 2.50. The van der Waals surface area contributed by atoms with Gasteiger partial charge in [0.1, 0.15) is 0 Å². The van der Waals surface area contributed by atoms with Crippen LogP contribution < -0.4 is 5.48 Å². The molecule has 1 N–H and O–H groups in total. The molecule has 34 heavy (non-hydrogen) atoms. The smallest absolute Gasteiger partial charge is 0.265 e. The fourth-order valence-electron chi connectivity index (χ4n) is 3.64. The van der Waals surface area contributed by atoms with Gasteiger partial charge in [-0.2, -0.15) is 39.5 Å². The molecule has 0 amide bonds. The van der Waals surface area contributed by atoms with Crippen LogP contribution in [0.1, 0.15) is 22.3 Å². The molecule has 0 saturated heterocycles. The van der Waals surface area contributed by atoms with E-state index in [9.17, 15) is 39.5 Å². The third kappa shape index (κ3) is 4.13. The van der Waals surface area contributed by atoms with Gasteiger partial charge in [-0.3, -0.25) is 10.3 Å². The van der Waals surface area contributed by atoms with Gasteiger partial charge >= 0.3 is 18.5 Å². The maximum Gasteiger partial charge on any atom is 0.428 e. The first-order valence-electron chi connectivity index (χ1n) is 9.35. The van der Waals surface area contributed by atoms with E-state index in [-0.39, 0.29) is 29.5 Å².